The topological polar surface area (TPSA) is 0 Å². The van der Waals surface area contributed by atoms with Crippen molar-refractivity contribution >= 4 is 33.9 Å². The highest BCUT2D eigenvalue weighted by Crippen LogP contribution is 2.26. The number of hydrogen-bond acceptors (Lipinski definition) is 0. The Hall–Kier alpha value is -3.50. The summed E-state index contributed by atoms with van der Waals surface area (Å²) < 4.78 is 142. The van der Waals surface area contributed by atoms with Gasteiger partial charge in [-0.15, -0.1) is 0 Å². The van der Waals surface area contributed by atoms with Crippen molar-refractivity contribution in [3.05, 3.63) is 101 Å². The van der Waals surface area contributed by atoms with Crippen LogP contribution >= 0.6 is 0 Å². The van der Waals surface area contributed by atoms with Gasteiger partial charge in [-0.2, -0.15) is 0 Å². The molecule has 0 heterocycles. The van der Waals surface area contributed by atoms with Gasteiger partial charge in [0.15, 0.2) is 52.4 Å². The second kappa shape index (κ2) is 8.13. The second-order valence-electron chi connectivity index (χ2n) is 7.01. The average Bonchev–Trinajstić information content (AvgIpc) is 2.79. The molecular weight excluding hydrogens is 465 g/mol. The Kier molecular flexibility index (Phi) is 5.59. The molecule has 4 aromatic rings. The smallest absolute Gasteiger partial charge is 0.207 e. The molecule has 0 amide bonds. The first kappa shape index (κ1) is 22.7. The van der Waals surface area contributed by atoms with Crippen LogP contribution in [0.4, 0.5) is 43.9 Å². The van der Waals surface area contributed by atoms with Crippen LogP contribution in [0, 0.1) is 58.2 Å². The van der Waals surface area contributed by atoms with E-state index in [1.807, 2.05) is 0 Å². The Bertz CT molecular complexity index is 1430. The summed E-state index contributed by atoms with van der Waals surface area (Å²) in [5.41, 5.74) is -2.65. The molecule has 0 aliphatic carbocycles. The summed E-state index contributed by atoms with van der Waals surface area (Å²) in [5, 5.41) is -1.89. The van der Waals surface area contributed by atoms with E-state index in [9.17, 15) is 43.9 Å². The van der Waals surface area contributed by atoms with Gasteiger partial charge in [0.1, 0.15) is 5.82 Å². The zero-order valence-electron chi connectivity index (χ0n) is 15.9. The van der Waals surface area contributed by atoms with Gasteiger partial charge in [-0.3, -0.25) is 0 Å². The predicted molar refractivity (Wildman–Crippen MR) is 101 cm³/mol. The van der Waals surface area contributed by atoms with E-state index in [4.69, 9.17) is 0 Å². The maximum Gasteiger partial charge on any atom is 0.250 e. The maximum atomic E-state index is 14.7. The lowest BCUT2D eigenvalue weighted by atomic mass is 9.36. The third kappa shape index (κ3) is 3.51. The number of hydrogen-bond donors (Lipinski definition) is 0. The molecule has 0 unspecified atom stereocenters. The van der Waals surface area contributed by atoms with Gasteiger partial charge < -0.3 is 0 Å². The van der Waals surface area contributed by atoms with Crippen molar-refractivity contribution in [1.82, 2.24) is 0 Å². The van der Waals surface area contributed by atoms with Crippen molar-refractivity contribution in [2.24, 2.45) is 0 Å². The molecule has 0 aromatic heterocycles. The van der Waals surface area contributed by atoms with Crippen molar-refractivity contribution in [3.8, 4) is 0 Å². The molecule has 4 rings (SSSR count). The molecule has 0 spiro atoms. The lowest BCUT2D eigenvalue weighted by Gasteiger charge is -2.20. The lowest BCUT2D eigenvalue weighted by molar-refractivity contribution is 0.418. The molecule has 4 aromatic carbocycles. The van der Waals surface area contributed by atoms with Gasteiger partial charge >= 0.3 is 0 Å². The minimum atomic E-state index is -2.26. The van der Waals surface area contributed by atoms with Crippen LogP contribution in [-0.2, 0) is 0 Å². The highest BCUT2D eigenvalue weighted by Gasteiger charge is 2.34. The number of halogens is 10. The Morgan fingerprint density at radius 2 is 1.12 bits per heavy atom. The first-order valence-corrected chi connectivity index (χ1v) is 9.07. The normalized spacial score (nSPS) is 11.3. The molecule has 0 nitrogen and oxygen atoms in total. The summed E-state index contributed by atoms with van der Waals surface area (Å²) in [6.07, 6.45) is 0. The molecule has 168 valence electrons. The third-order valence-electron chi connectivity index (χ3n) is 5.15. The number of benzene rings is 4. The van der Waals surface area contributed by atoms with Gasteiger partial charge in [-0.25, -0.2) is 43.9 Å². The number of rotatable bonds is 3. The Morgan fingerprint density at radius 3 is 1.82 bits per heavy atom. The zero-order chi connectivity index (χ0) is 24.2. The first-order valence-electron chi connectivity index (χ1n) is 9.07. The van der Waals surface area contributed by atoms with E-state index >= 15 is 0 Å². The molecule has 0 saturated carbocycles. The van der Waals surface area contributed by atoms with Crippen molar-refractivity contribution in [3.63, 3.8) is 0 Å². The van der Waals surface area contributed by atoms with Crippen LogP contribution < -0.4 is 16.4 Å². The standard InChI is InChI=1S/C22H7BF10/c24-8-6-12(17(28)14(26)7-8)23(11-4-5-13(25)19(30)18(11)29)10-3-1-2-9-15(10)20(31)22(33)21(32)16(9)27/h1-7H. The third-order valence-corrected chi connectivity index (χ3v) is 5.15. The average molecular weight is 472 g/mol. The van der Waals surface area contributed by atoms with E-state index in [1.54, 1.807) is 0 Å². The molecule has 0 radical (unpaired) electrons. The van der Waals surface area contributed by atoms with Crippen LogP contribution in [0.25, 0.3) is 10.8 Å². The van der Waals surface area contributed by atoms with Gasteiger partial charge in [-0.1, -0.05) is 29.7 Å². The van der Waals surface area contributed by atoms with Gasteiger partial charge in [0.2, 0.25) is 6.71 Å². The van der Waals surface area contributed by atoms with Crippen LogP contribution in [0.2, 0.25) is 0 Å². The van der Waals surface area contributed by atoms with Gasteiger partial charge in [0.05, 0.1) is 0 Å². The van der Waals surface area contributed by atoms with Crippen molar-refractivity contribution in [2.45, 2.75) is 0 Å². The molecule has 11 heteroatoms. The van der Waals surface area contributed by atoms with Crippen molar-refractivity contribution < 1.29 is 43.9 Å². The number of fused-ring (bicyclic) bond motifs is 1. The van der Waals surface area contributed by atoms with E-state index in [1.165, 1.54) is 0 Å². The summed E-state index contributed by atoms with van der Waals surface area (Å²) in [4.78, 5) is 0. The highest BCUT2D eigenvalue weighted by molar-refractivity contribution is 6.97. The maximum absolute atomic E-state index is 14.7. The Balaban J connectivity index is 2.19. The zero-order valence-corrected chi connectivity index (χ0v) is 15.9. The fourth-order valence-electron chi connectivity index (χ4n) is 3.71. The van der Waals surface area contributed by atoms with E-state index in [-0.39, 0.29) is 6.07 Å². The highest BCUT2D eigenvalue weighted by atomic mass is 19.2. The van der Waals surface area contributed by atoms with E-state index in [2.05, 4.69) is 0 Å². The second-order valence-corrected chi connectivity index (χ2v) is 7.01. The van der Waals surface area contributed by atoms with Crippen LogP contribution in [0.3, 0.4) is 0 Å². The fourth-order valence-corrected chi connectivity index (χ4v) is 3.71. The van der Waals surface area contributed by atoms with Crippen molar-refractivity contribution in [2.75, 3.05) is 0 Å². The SMILES string of the molecule is Fc1cc(F)c(F)c(B(c2ccc(F)c(F)c2F)c2cccc3c(F)c(F)c(F)c(F)c23)c1. The van der Waals surface area contributed by atoms with Crippen LogP contribution in [-0.4, -0.2) is 6.71 Å². The van der Waals surface area contributed by atoms with Crippen LogP contribution in [0.1, 0.15) is 0 Å². The molecule has 0 fully saturated rings. The van der Waals surface area contributed by atoms with E-state index < -0.39 is 92.0 Å². The van der Waals surface area contributed by atoms with E-state index in [0.29, 0.717) is 18.2 Å². The minimum absolute atomic E-state index is 0.135. The Morgan fingerprint density at radius 1 is 0.455 bits per heavy atom. The molecule has 0 bridgehead atoms. The Labute approximate surface area is 179 Å². The fraction of sp³-hybridized carbons (Fsp3) is 0. The van der Waals surface area contributed by atoms with Crippen LogP contribution in [0.15, 0.2) is 42.5 Å². The van der Waals surface area contributed by atoms with Gasteiger partial charge in [-0.05, 0) is 23.1 Å². The minimum Gasteiger partial charge on any atom is -0.207 e. The predicted octanol–water partition coefficient (Wildman–Crippen LogP) is 4.75. The van der Waals surface area contributed by atoms with Crippen LogP contribution in [0.5, 0.6) is 0 Å². The molecule has 0 aliphatic heterocycles. The largest absolute Gasteiger partial charge is 0.250 e. The summed E-state index contributed by atoms with van der Waals surface area (Å²) >= 11 is 0. The summed E-state index contributed by atoms with van der Waals surface area (Å²) in [7, 11) is 0. The summed E-state index contributed by atoms with van der Waals surface area (Å²) in [6.45, 7) is -2.13. The van der Waals surface area contributed by atoms with Crippen molar-refractivity contribution in [1.29, 1.82) is 0 Å². The lowest BCUT2D eigenvalue weighted by Crippen LogP contribution is -2.55. The first-order chi connectivity index (χ1) is 15.5. The summed E-state index contributed by atoms with van der Waals surface area (Å²) in [5.74, 6) is -18.8. The molecule has 0 aliphatic rings. The molecule has 0 N–H and O–H groups in total. The van der Waals surface area contributed by atoms with Gasteiger partial charge in [0.25, 0.3) is 0 Å². The quantitative estimate of drug-likeness (QED) is 0.175. The van der Waals surface area contributed by atoms with E-state index in [0.717, 1.165) is 18.2 Å². The molecule has 0 atom stereocenters. The monoisotopic (exact) mass is 472 g/mol. The molecule has 0 saturated heterocycles. The molecule has 33 heavy (non-hydrogen) atoms. The summed E-state index contributed by atoms with van der Waals surface area (Å²) in [6, 6.07) is 4.18. The van der Waals surface area contributed by atoms with Gasteiger partial charge in [0, 0.05) is 16.8 Å². The molecular formula is C22H7BF10.